The molecular formula is C6H5ClF3N3O. The summed E-state index contributed by atoms with van der Waals surface area (Å²) in [5, 5.41) is -0.142. The Kier molecular flexibility index (Phi) is 2.61. The summed E-state index contributed by atoms with van der Waals surface area (Å²) in [6, 6.07) is 1.13. The van der Waals surface area contributed by atoms with Crippen LogP contribution in [0.1, 0.15) is 0 Å². The molecule has 0 aliphatic heterocycles. The van der Waals surface area contributed by atoms with Crippen molar-refractivity contribution in [3.63, 3.8) is 0 Å². The van der Waals surface area contributed by atoms with Gasteiger partial charge in [-0.3, -0.25) is 0 Å². The van der Waals surface area contributed by atoms with Gasteiger partial charge < -0.3 is 16.2 Å². The molecule has 1 aromatic heterocycles. The van der Waals surface area contributed by atoms with Gasteiger partial charge >= 0.3 is 6.36 Å². The van der Waals surface area contributed by atoms with Crippen LogP contribution in [0, 0.1) is 0 Å². The van der Waals surface area contributed by atoms with Gasteiger partial charge in [0.25, 0.3) is 0 Å². The van der Waals surface area contributed by atoms with Gasteiger partial charge in [0.2, 0.25) is 5.88 Å². The van der Waals surface area contributed by atoms with Crippen molar-refractivity contribution in [2.75, 3.05) is 11.5 Å². The van der Waals surface area contributed by atoms with Crippen molar-refractivity contribution in [3.05, 3.63) is 11.1 Å². The van der Waals surface area contributed by atoms with Gasteiger partial charge in [0.1, 0.15) is 11.5 Å². The molecule has 1 aromatic rings. The standard InChI is InChI=1S/C6H5ClF3N3O/c7-2-1-3(11)13-5(4(2)12)14-6(8,9)10/h1H,12H2,(H2,11,13). The second kappa shape index (κ2) is 3.41. The summed E-state index contributed by atoms with van der Waals surface area (Å²) in [6.07, 6.45) is -4.88. The zero-order valence-electron chi connectivity index (χ0n) is 6.60. The summed E-state index contributed by atoms with van der Waals surface area (Å²) in [6.45, 7) is 0. The van der Waals surface area contributed by atoms with Gasteiger partial charge in [0.05, 0.1) is 5.02 Å². The maximum Gasteiger partial charge on any atom is 0.574 e. The Morgan fingerprint density at radius 2 is 1.93 bits per heavy atom. The third-order valence-electron chi connectivity index (χ3n) is 1.21. The van der Waals surface area contributed by atoms with Gasteiger partial charge in [-0.15, -0.1) is 13.2 Å². The van der Waals surface area contributed by atoms with Crippen LogP contribution in [0.25, 0.3) is 0 Å². The number of hydrogen-bond acceptors (Lipinski definition) is 4. The maximum absolute atomic E-state index is 11.8. The second-order valence-corrected chi connectivity index (χ2v) is 2.70. The quantitative estimate of drug-likeness (QED) is 0.767. The lowest BCUT2D eigenvalue weighted by Gasteiger charge is -2.10. The largest absolute Gasteiger partial charge is 0.574 e. The average molecular weight is 228 g/mol. The van der Waals surface area contributed by atoms with Crippen molar-refractivity contribution in [1.82, 2.24) is 4.98 Å². The number of alkyl halides is 3. The molecular weight excluding hydrogens is 223 g/mol. The Balaban J connectivity index is 3.09. The van der Waals surface area contributed by atoms with Crippen LogP contribution >= 0.6 is 11.6 Å². The maximum atomic E-state index is 11.8. The second-order valence-electron chi connectivity index (χ2n) is 2.30. The Morgan fingerprint density at radius 3 is 2.43 bits per heavy atom. The minimum absolute atomic E-state index is 0.142. The van der Waals surface area contributed by atoms with E-state index >= 15 is 0 Å². The summed E-state index contributed by atoms with van der Waals surface area (Å²) in [5.74, 6) is -1.05. The molecule has 78 valence electrons. The highest BCUT2D eigenvalue weighted by atomic mass is 35.5. The highest BCUT2D eigenvalue weighted by Gasteiger charge is 2.33. The first-order valence-corrected chi connectivity index (χ1v) is 3.64. The molecule has 0 saturated heterocycles. The van der Waals surface area contributed by atoms with Gasteiger partial charge in [-0.1, -0.05) is 11.6 Å². The number of nitrogens with two attached hydrogens (primary N) is 2. The van der Waals surface area contributed by atoms with Crippen LogP contribution in [-0.2, 0) is 0 Å². The summed E-state index contributed by atoms with van der Waals surface area (Å²) in [5.41, 5.74) is 9.93. The molecule has 1 rings (SSSR count). The predicted octanol–water partition coefficient (Wildman–Crippen LogP) is 1.80. The lowest BCUT2D eigenvalue weighted by Crippen LogP contribution is -2.19. The molecule has 0 aromatic carbocycles. The minimum Gasteiger partial charge on any atom is -0.393 e. The summed E-state index contributed by atoms with van der Waals surface area (Å²) in [4.78, 5) is 3.25. The number of nitrogens with zero attached hydrogens (tertiary/aromatic N) is 1. The van der Waals surface area contributed by atoms with Gasteiger partial charge in [-0.25, -0.2) is 0 Å². The predicted molar refractivity (Wildman–Crippen MR) is 44.8 cm³/mol. The fourth-order valence-electron chi connectivity index (χ4n) is 0.707. The minimum atomic E-state index is -4.88. The third-order valence-corrected chi connectivity index (χ3v) is 1.52. The van der Waals surface area contributed by atoms with Gasteiger partial charge in [-0.2, -0.15) is 4.98 Å². The fourth-order valence-corrected chi connectivity index (χ4v) is 0.900. The van der Waals surface area contributed by atoms with Crippen LogP contribution in [0.2, 0.25) is 5.02 Å². The number of hydrogen-bond donors (Lipinski definition) is 2. The van der Waals surface area contributed by atoms with Crippen molar-refractivity contribution in [2.24, 2.45) is 0 Å². The average Bonchev–Trinajstić information content (AvgIpc) is 1.96. The molecule has 4 nitrogen and oxygen atoms in total. The van der Waals surface area contributed by atoms with Crippen LogP contribution in [0.5, 0.6) is 5.88 Å². The third kappa shape index (κ3) is 2.56. The number of nitrogen functional groups attached to an aromatic ring is 2. The molecule has 0 amide bonds. The zero-order valence-corrected chi connectivity index (χ0v) is 7.36. The van der Waals surface area contributed by atoms with Gasteiger partial charge in [-0.05, 0) is 0 Å². The molecule has 14 heavy (non-hydrogen) atoms. The van der Waals surface area contributed by atoms with E-state index in [1.54, 1.807) is 0 Å². The monoisotopic (exact) mass is 227 g/mol. The summed E-state index contributed by atoms with van der Waals surface area (Å²) >= 11 is 5.46. The van der Waals surface area contributed by atoms with E-state index in [4.69, 9.17) is 23.1 Å². The number of pyridine rings is 1. The molecule has 0 aliphatic carbocycles. The molecule has 4 N–H and O–H groups in total. The number of halogens is 4. The molecule has 0 aliphatic rings. The molecule has 0 unspecified atom stereocenters. The fraction of sp³-hybridized carbons (Fsp3) is 0.167. The highest BCUT2D eigenvalue weighted by molar-refractivity contribution is 6.33. The Bertz CT molecular complexity index is 355. The summed E-state index contributed by atoms with van der Waals surface area (Å²) in [7, 11) is 0. The van der Waals surface area contributed by atoms with Crippen molar-refractivity contribution in [1.29, 1.82) is 0 Å². The van der Waals surface area contributed by atoms with Crippen LogP contribution in [-0.4, -0.2) is 11.3 Å². The first kappa shape index (κ1) is 10.7. The molecule has 0 radical (unpaired) electrons. The van der Waals surface area contributed by atoms with Crippen LogP contribution in [0.15, 0.2) is 6.07 Å². The molecule has 0 fully saturated rings. The van der Waals surface area contributed by atoms with Gasteiger partial charge in [0, 0.05) is 6.07 Å². The van der Waals surface area contributed by atoms with E-state index in [9.17, 15) is 13.2 Å². The SMILES string of the molecule is Nc1cc(Cl)c(N)c(OC(F)(F)F)n1. The number of ether oxygens (including phenoxy) is 1. The van der Waals surface area contributed by atoms with Crippen molar-refractivity contribution >= 4 is 23.1 Å². The van der Waals surface area contributed by atoms with E-state index in [0.29, 0.717) is 0 Å². The number of rotatable bonds is 1. The number of aromatic nitrogens is 1. The van der Waals surface area contributed by atoms with Crippen LogP contribution in [0.4, 0.5) is 24.7 Å². The molecule has 0 saturated carbocycles. The molecule has 0 atom stereocenters. The van der Waals surface area contributed by atoms with Crippen LogP contribution in [0.3, 0.4) is 0 Å². The van der Waals surface area contributed by atoms with Crippen molar-refractivity contribution in [2.45, 2.75) is 6.36 Å². The van der Waals surface area contributed by atoms with E-state index in [-0.39, 0.29) is 10.8 Å². The van der Waals surface area contributed by atoms with E-state index in [1.807, 2.05) is 0 Å². The van der Waals surface area contributed by atoms with E-state index in [2.05, 4.69) is 9.72 Å². The lowest BCUT2D eigenvalue weighted by atomic mass is 10.4. The molecule has 8 heteroatoms. The molecule has 1 heterocycles. The number of anilines is 2. The van der Waals surface area contributed by atoms with E-state index < -0.39 is 17.9 Å². The van der Waals surface area contributed by atoms with Crippen molar-refractivity contribution < 1.29 is 17.9 Å². The first-order valence-electron chi connectivity index (χ1n) is 3.27. The Morgan fingerprint density at radius 1 is 1.36 bits per heavy atom. The highest BCUT2D eigenvalue weighted by Crippen LogP contribution is 2.32. The van der Waals surface area contributed by atoms with E-state index in [0.717, 1.165) is 6.07 Å². The zero-order chi connectivity index (χ0) is 10.9. The van der Waals surface area contributed by atoms with Gasteiger partial charge in [0.15, 0.2) is 0 Å². The van der Waals surface area contributed by atoms with Crippen LogP contribution < -0.4 is 16.2 Å². The first-order chi connectivity index (χ1) is 6.29. The topological polar surface area (TPSA) is 74.2 Å². The molecule has 0 spiro atoms. The smallest absolute Gasteiger partial charge is 0.393 e. The molecule has 0 bridgehead atoms. The Labute approximate surface area is 81.6 Å². The lowest BCUT2D eigenvalue weighted by molar-refractivity contribution is -0.275. The normalized spacial score (nSPS) is 11.4. The Hall–Kier alpha value is -1.37. The van der Waals surface area contributed by atoms with Crippen molar-refractivity contribution in [3.8, 4) is 5.88 Å². The van der Waals surface area contributed by atoms with E-state index in [1.165, 1.54) is 0 Å². The summed E-state index contributed by atoms with van der Waals surface area (Å²) < 4.78 is 38.8.